The molecule has 0 saturated carbocycles. The maximum absolute atomic E-state index is 13.5. The van der Waals surface area contributed by atoms with E-state index < -0.39 is 54.3 Å². The number of phenolic OH excluding ortho intramolecular Hbond substituents is 1. The van der Waals surface area contributed by atoms with Gasteiger partial charge in [0.05, 0.1) is 140 Å². The molecule has 3 fully saturated rings. The molecule has 0 spiro atoms. The van der Waals surface area contributed by atoms with Gasteiger partial charge in [0, 0.05) is 37.8 Å². The second kappa shape index (κ2) is 44.6. The van der Waals surface area contributed by atoms with Crippen LogP contribution in [0.1, 0.15) is 69.6 Å². The molecule has 3 saturated heterocycles. The summed E-state index contributed by atoms with van der Waals surface area (Å²) >= 11 is 2.94. The molecule has 8 aromatic carbocycles. The van der Waals surface area contributed by atoms with Crippen LogP contribution >= 0.6 is 15.9 Å². The van der Waals surface area contributed by atoms with E-state index in [1.807, 2.05) is 72.8 Å². The van der Waals surface area contributed by atoms with Crippen LogP contribution < -0.4 is 111 Å². The van der Waals surface area contributed by atoms with Gasteiger partial charge < -0.3 is 102 Å². The third-order valence-corrected chi connectivity index (χ3v) is 18.3. The predicted molar refractivity (Wildman–Crippen MR) is 424 cm³/mol. The number of β-lactam (4-membered cyclic amide) rings is 3. The minimum absolute atomic E-state index is 0. The Morgan fingerprint density at radius 1 is 0.383 bits per heavy atom. The van der Waals surface area contributed by atoms with Crippen LogP contribution in [-0.2, 0) is 65.7 Å². The van der Waals surface area contributed by atoms with E-state index in [-0.39, 0.29) is 88.1 Å². The Bertz CT molecular complexity index is 4520. The van der Waals surface area contributed by atoms with Crippen molar-refractivity contribution in [2.24, 2.45) is 0 Å². The molecule has 3 heterocycles. The molecule has 3 amide bonds. The maximum atomic E-state index is 13.5. The van der Waals surface area contributed by atoms with E-state index in [0.29, 0.717) is 134 Å². The molecule has 8 aromatic rings. The summed E-state index contributed by atoms with van der Waals surface area (Å²) in [5.74, 6) is 3.33. The molecule has 0 bridgehead atoms. The average Bonchev–Trinajstić information content (AvgIpc) is 0.746. The van der Waals surface area contributed by atoms with Crippen molar-refractivity contribution in [1.29, 1.82) is 0 Å². The molecule has 0 aliphatic carbocycles. The van der Waals surface area contributed by atoms with Crippen LogP contribution in [0.3, 0.4) is 0 Å². The van der Waals surface area contributed by atoms with Crippen LogP contribution in [0.15, 0.2) is 152 Å². The largest absolute Gasteiger partial charge is 1.00 e. The summed E-state index contributed by atoms with van der Waals surface area (Å²) in [7, 11) is 18.0. The van der Waals surface area contributed by atoms with Crippen LogP contribution in [0.2, 0.25) is 0 Å². The van der Waals surface area contributed by atoms with Crippen LogP contribution in [0.4, 0.5) is 17.1 Å². The van der Waals surface area contributed by atoms with Crippen LogP contribution in [0.25, 0.3) is 0 Å². The molecule has 115 heavy (non-hydrogen) atoms. The van der Waals surface area contributed by atoms with Gasteiger partial charge in [-0.3, -0.25) is 33.9 Å². The third kappa shape index (κ3) is 21.9. The smallest absolute Gasteiger partial charge is 1.00 e. The molecular formula is C83H97BrN3NaO27. The Labute approximate surface area is 700 Å². The molecule has 30 nitrogen and oxygen atoms in total. The van der Waals surface area contributed by atoms with Gasteiger partial charge in [0.2, 0.25) is 17.2 Å². The molecule has 3 aliphatic rings. The standard InChI is InChI=1S/C30H33NO9.C26H27NO7.C23H27NO9.C4H7BrO2.Na.H2.H/c1-6-38-26(32)18-40-29-27(31(30(29)33)21-15-24(35-3)28(37-5)25(16-21)36-4)20-12-13-22(34-2)23(14-20)39-17-19-10-8-7-9-11-19;1-30-19-11-10-17(12-20(19)34-15-16-8-6-5-7-9-16)23-24(28)26(29)27(23)18-13-21(31-2)25(33-4)22(14-18)32-3;1-6-32-19(26)12-33-22-20(13-7-8-16(28-2)15(25)9-13)24(23(22)27)14-10-17(29-3)21(31-5)18(11-14)30-4;1-2-7-4(6)3-5;;;/h7-16,27,29H,6,17-18H2,1-5H3;5-14,23-24,28H,15H2,1-4H3;7-11,20,22,25H,6,12H2,1-5H3;2-3H2,1H3;;1H;/q;;;;+1;;-1/t27-,29+;23-,24+;20-,22+;;;;/m000..../s1. The maximum Gasteiger partial charge on any atom is 1.00 e. The number of hydrogen-bond donors (Lipinski definition) is 2. The summed E-state index contributed by atoms with van der Waals surface area (Å²) in [5, 5.41) is 21.2. The minimum atomic E-state index is -1.20. The van der Waals surface area contributed by atoms with E-state index in [1.54, 1.807) is 113 Å². The van der Waals surface area contributed by atoms with Gasteiger partial charge in [0.1, 0.15) is 31.8 Å². The van der Waals surface area contributed by atoms with Gasteiger partial charge >= 0.3 is 47.5 Å². The molecule has 0 aromatic heterocycles. The number of benzene rings is 8. The summed E-state index contributed by atoms with van der Waals surface area (Å²) in [6.45, 7) is 5.97. The van der Waals surface area contributed by atoms with Crippen molar-refractivity contribution in [3.05, 3.63) is 179 Å². The first-order chi connectivity index (χ1) is 55.2. The van der Waals surface area contributed by atoms with Gasteiger partial charge in [-0.25, -0.2) is 9.59 Å². The zero-order chi connectivity index (χ0) is 82.7. The second-order valence-corrected chi connectivity index (χ2v) is 24.9. The zero-order valence-electron chi connectivity index (χ0n) is 67.9. The van der Waals surface area contributed by atoms with Crippen molar-refractivity contribution < 1.29 is 161 Å². The van der Waals surface area contributed by atoms with Gasteiger partial charge in [0.25, 0.3) is 17.7 Å². The monoisotopic (exact) mass is 1670 g/mol. The molecule has 0 radical (unpaired) electrons. The molecule has 32 heteroatoms. The van der Waals surface area contributed by atoms with Crippen molar-refractivity contribution in [2.45, 2.75) is 70.4 Å². The fraction of sp³-hybridized carbons (Fsp3) is 0.349. The minimum Gasteiger partial charge on any atom is -1.00 e. The summed E-state index contributed by atoms with van der Waals surface area (Å²) in [6, 6.07) is 43.2. The van der Waals surface area contributed by atoms with Gasteiger partial charge in [-0.1, -0.05) is 94.8 Å². The number of carbonyl (C=O) groups is 6. The van der Waals surface area contributed by atoms with E-state index in [1.165, 1.54) is 87.0 Å². The number of rotatable bonds is 34. The number of aromatic hydroxyl groups is 1. The fourth-order valence-corrected chi connectivity index (χ4v) is 12.6. The number of anilines is 3. The Kier molecular flexibility index (Phi) is 35.3. The van der Waals surface area contributed by atoms with Gasteiger partial charge in [-0.15, -0.1) is 0 Å². The number of alkyl halides is 1. The molecule has 0 unspecified atom stereocenters. The fourth-order valence-electron chi connectivity index (χ4n) is 12.4. The number of phenols is 1. The van der Waals surface area contributed by atoms with E-state index in [4.69, 9.17) is 85.3 Å². The van der Waals surface area contributed by atoms with Crippen molar-refractivity contribution >= 4 is 68.6 Å². The summed E-state index contributed by atoms with van der Waals surface area (Å²) in [5.41, 5.74) is 5.47. The predicted octanol–water partition coefficient (Wildman–Crippen LogP) is 8.85. The van der Waals surface area contributed by atoms with Crippen LogP contribution in [0, 0.1) is 0 Å². The molecule has 3 aliphatic heterocycles. The third-order valence-electron chi connectivity index (χ3n) is 17.8. The average molecular weight is 1670 g/mol. The van der Waals surface area contributed by atoms with Crippen molar-refractivity contribution in [1.82, 2.24) is 0 Å². The quantitative estimate of drug-likeness (QED) is 0.0125. The zero-order valence-corrected chi connectivity index (χ0v) is 70.5. The van der Waals surface area contributed by atoms with Crippen LogP contribution in [-0.4, -0.2) is 188 Å². The number of aliphatic hydroxyl groups is 1. The van der Waals surface area contributed by atoms with E-state index in [2.05, 4.69) is 20.7 Å². The van der Waals surface area contributed by atoms with Crippen molar-refractivity contribution in [2.75, 3.05) is 138 Å². The SMILES string of the molecule is CCOC(=O)CBr.CCOC(=O)CO[C@H]1C(=O)N(c2cc(OC)c(OC)c(OC)c2)[C@H]1c1ccc(OC)c(O)c1.CCOC(=O)CO[C@H]1C(=O)N(c2cc(OC)c(OC)c(OC)c2)[C@H]1c1ccc(OC)c(OCc2ccccc2)c1.COc1ccc([C@H]2[C@@H](O)C(=O)N2c2cc(OC)c(OC)c(OC)c2)cc1OCc1ccccc1.[H-].[HH].[Na+]. The van der Waals surface area contributed by atoms with E-state index >= 15 is 0 Å². The number of methoxy groups -OCH3 is 12. The number of esters is 3. The van der Waals surface area contributed by atoms with Gasteiger partial charge in [0.15, 0.2) is 87.3 Å². The molecule has 11 rings (SSSR count). The topological polar surface area (TPSA) is 328 Å². The van der Waals surface area contributed by atoms with Gasteiger partial charge in [-0.05, 0) is 85.0 Å². The first-order valence-electron chi connectivity index (χ1n) is 35.6. The molecule has 614 valence electrons. The number of nitrogens with zero attached hydrogens (tertiary/aromatic N) is 3. The van der Waals surface area contributed by atoms with Crippen LogP contribution in [0.5, 0.6) is 86.2 Å². The first kappa shape index (κ1) is 91.1. The number of aliphatic hydroxyl groups excluding tert-OH is 1. The molecule has 2 N–H and O–H groups in total. The molecule has 6 atom stereocenters. The number of amides is 3. The summed E-state index contributed by atoms with van der Waals surface area (Å²) in [6.07, 6.45) is -3.12. The second-order valence-electron chi connectivity index (χ2n) is 24.4. The summed E-state index contributed by atoms with van der Waals surface area (Å²) in [4.78, 5) is 77.8. The Morgan fingerprint density at radius 2 is 0.687 bits per heavy atom. The summed E-state index contributed by atoms with van der Waals surface area (Å²) < 4.78 is 103. The molecular weight excluding hydrogens is 1570 g/mol. The Morgan fingerprint density at radius 3 is 0.983 bits per heavy atom. The number of halogens is 1. The van der Waals surface area contributed by atoms with Crippen molar-refractivity contribution in [3.63, 3.8) is 0 Å². The Hall–Kier alpha value is -11.1. The first-order valence-corrected chi connectivity index (χ1v) is 36.7. The van der Waals surface area contributed by atoms with E-state index in [9.17, 15) is 39.0 Å². The van der Waals surface area contributed by atoms with E-state index in [0.717, 1.165) is 11.1 Å². The number of carbonyl (C=O) groups excluding carboxylic acids is 6. The normalized spacial score (nSPS) is 16.1. The number of ether oxygens (including phenoxy) is 19. The van der Waals surface area contributed by atoms with Crippen molar-refractivity contribution in [3.8, 4) is 86.2 Å². The van der Waals surface area contributed by atoms with Gasteiger partial charge in [-0.2, -0.15) is 0 Å². The Balaban J connectivity index is 0.000000298. The number of hydrogen-bond acceptors (Lipinski definition) is 27.